The van der Waals surface area contributed by atoms with Gasteiger partial charge in [0.05, 0.1) is 11.8 Å². The summed E-state index contributed by atoms with van der Waals surface area (Å²) in [5.74, 6) is 0.380. The Morgan fingerprint density at radius 2 is 2.50 bits per heavy atom. The number of carbonyl (C=O) groups is 1. The lowest BCUT2D eigenvalue weighted by Crippen LogP contribution is -2.26. The van der Waals surface area contributed by atoms with Gasteiger partial charge in [0.25, 0.3) is 0 Å². The molecule has 0 saturated heterocycles. The third kappa shape index (κ3) is 4.04. The molecular formula is C10H15N3O3. The van der Waals surface area contributed by atoms with Crippen LogP contribution in [0.2, 0.25) is 0 Å². The van der Waals surface area contributed by atoms with Crippen LogP contribution in [0.25, 0.3) is 0 Å². The van der Waals surface area contributed by atoms with Gasteiger partial charge in [-0.25, -0.2) is 9.78 Å². The van der Waals surface area contributed by atoms with E-state index in [9.17, 15) is 4.79 Å². The van der Waals surface area contributed by atoms with Crippen molar-refractivity contribution in [1.29, 1.82) is 0 Å². The van der Waals surface area contributed by atoms with Gasteiger partial charge in [0.1, 0.15) is 0 Å². The Morgan fingerprint density at radius 1 is 1.75 bits per heavy atom. The molecule has 6 heteroatoms. The number of aromatic nitrogens is 1. The van der Waals surface area contributed by atoms with Crippen molar-refractivity contribution in [1.82, 2.24) is 10.3 Å². The number of nitrogens with zero attached hydrogens (tertiary/aromatic N) is 1. The van der Waals surface area contributed by atoms with Gasteiger partial charge in [0.2, 0.25) is 5.88 Å². The summed E-state index contributed by atoms with van der Waals surface area (Å²) in [7, 11) is 0. The number of carboxylic acid groups (broad SMARTS) is 1. The molecule has 0 saturated carbocycles. The van der Waals surface area contributed by atoms with Crippen LogP contribution in [0.3, 0.4) is 0 Å². The molecule has 0 aliphatic rings. The van der Waals surface area contributed by atoms with E-state index in [1.807, 2.05) is 6.92 Å². The molecule has 88 valence electrons. The van der Waals surface area contributed by atoms with E-state index in [0.717, 1.165) is 0 Å². The van der Waals surface area contributed by atoms with E-state index in [1.54, 1.807) is 18.3 Å². The molecule has 0 aromatic carbocycles. The van der Waals surface area contributed by atoms with Gasteiger partial charge in [-0.05, 0) is 19.1 Å². The molecule has 4 N–H and O–H groups in total. The highest BCUT2D eigenvalue weighted by Crippen LogP contribution is 2.17. The highest BCUT2D eigenvalue weighted by Gasteiger charge is 2.07. The van der Waals surface area contributed by atoms with E-state index < -0.39 is 6.09 Å². The van der Waals surface area contributed by atoms with Gasteiger partial charge in [0.15, 0.2) is 0 Å². The molecule has 0 aliphatic carbocycles. The summed E-state index contributed by atoms with van der Waals surface area (Å²) in [6.45, 7) is 2.17. The Balaban J connectivity index is 2.37. The van der Waals surface area contributed by atoms with E-state index >= 15 is 0 Å². The van der Waals surface area contributed by atoms with Crippen LogP contribution in [0, 0.1) is 0 Å². The fourth-order valence-corrected chi connectivity index (χ4v) is 1.13. The number of anilines is 1. The van der Waals surface area contributed by atoms with Gasteiger partial charge < -0.3 is 20.9 Å². The Labute approximate surface area is 93.4 Å². The SMILES string of the molecule is CC(CCNC(=O)O)Oc1ncccc1N. The van der Waals surface area contributed by atoms with E-state index in [4.69, 9.17) is 15.6 Å². The molecule has 16 heavy (non-hydrogen) atoms. The first kappa shape index (κ1) is 12.1. The minimum Gasteiger partial charge on any atom is -0.473 e. The summed E-state index contributed by atoms with van der Waals surface area (Å²) in [4.78, 5) is 14.2. The van der Waals surface area contributed by atoms with Crippen molar-refractivity contribution in [3.8, 4) is 5.88 Å². The van der Waals surface area contributed by atoms with Crippen LogP contribution in [0.5, 0.6) is 5.88 Å². The molecule has 0 bridgehead atoms. The Kier molecular flexibility index (Phi) is 4.38. The number of hydrogen-bond acceptors (Lipinski definition) is 4. The number of nitrogens with two attached hydrogens (primary N) is 1. The van der Waals surface area contributed by atoms with Crippen LogP contribution in [0.4, 0.5) is 10.5 Å². The Bertz CT molecular complexity index is 357. The van der Waals surface area contributed by atoms with Gasteiger partial charge >= 0.3 is 6.09 Å². The van der Waals surface area contributed by atoms with Crippen molar-refractivity contribution in [2.75, 3.05) is 12.3 Å². The lowest BCUT2D eigenvalue weighted by atomic mass is 10.3. The number of nitrogens with one attached hydrogen (secondary N) is 1. The second-order valence-electron chi connectivity index (χ2n) is 3.35. The third-order valence-corrected chi connectivity index (χ3v) is 1.94. The lowest BCUT2D eigenvalue weighted by Gasteiger charge is -2.14. The third-order valence-electron chi connectivity index (χ3n) is 1.94. The minimum absolute atomic E-state index is 0.149. The first-order chi connectivity index (χ1) is 7.59. The molecule has 0 spiro atoms. The molecule has 1 aromatic heterocycles. The van der Waals surface area contributed by atoms with Gasteiger partial charge in [-0.2, -0.15) is 0 Å². The summed E-state index contributed by atoms with van der Waals surface area (Å²) in [6, 6.07) is 3.42. The fraction of sp³-hybridized carbons (Fsp3) is 0.400. The maximum atomic E-state index is 10.2. The number of rotatable bonds is 5. The smallest absolute Gasteiger partial charge is 0.404 e. The van der Waals surface area contributed by atoms with E-state index in [0.29, 0.717) is 24.5 Å². The van der Waals surface area contributed by atoms with Crippen LogP contribution in [-0.4, -0.2) is 28.8 Å². The predicted octanol–water partition coefficient (Wildman–Crippen LogP) is 1.09. The van der Waals surface area contributed by atoms with Gasteiger partial charge in [-0.1, -0.05) is 0 Å². The predicted molar refractivity (Wildman–Crippen MR) is 59.4 cm³/mol. The molecule has 1 rings (SSSR count). The topological polar surface area (TPSA) is 97.5 Å². The summed E-state index contributed by atoms with van der Waals surface area (Å²) in [5.41, 5.74) is 6.12. The molecule has 1 amide bonds. The minimum atomic E-state index is -1.04. The number of pyridine rings is 1. The number of amides is 1. The molecule has 1 aromatic rings. The first-order valence-electron chi connectivity index (χ1n) is 4.93. The lowest BCUT2D eigenvalue weighted by molar-refractivity contribution is 0.184. The van der Waals surface area contributed by atoms with Crippen molar-refractivity contribution in [2.45, 2.75) is 19.4 Å². The summed E-state index contributed by atoms with van der Waals surface area (Å²) >= 11 is 0. The molecular weight excluding hydrogens is 210 g/mol. The molecule has 1 unspecified atom stereocenters. The van der Waals surface area contributed by atoms with Crippen molar-refractivity contribution >= 4 is 11.8 Å². The van der Waals surface area contributed by atoms with E-state index in [1.165, 1.54) is 0 Å². The quantitative estimate of drug-likeness (QED) is 0.696. The highest BCUT2D eigenvalue weighted by molar-refractivity contribution is 5.64. The normalized spacial score (nSPS) is 11.8. The maximum Gasteiger partial charge on any atom is 0.404 e. The van der Waals surface area contributed by atoms with Crippen molar-refractivity contribution < 1.29 is 14.6 Å². The Hall–Kier alpha value is -1.98. The molecule has 1 atom stereocenters. The average molecular weight is 225 g/mol. The molecule has 0 radical (unpaired) electrons. The van der Waals surface area contributed by atoms with Crippen LogP contribution in [-0.2, 0) is 0 Å². The fourth-order valence-electron chi connectivity index (χ4n) is 1.13. The Morgan fingerprint density at radius 3 is 3.12 bits per heavy atom. The van der Waals surface area contributed by atoms with Crippen molar-refractivity contribution in [3.63, 3.8) is 0 Å². The molecule has 6 nitrogen and oxygen atoms in total. The largest absolute Gasteiger partial charge is 0.473 e. The van der Waals surface area contributed by atoms with Crippen molar-refractivity contribution in [3.05, 3.63) is 18.3 Å². The number of ether oxygens (including phenoxy) is 1. The zero-order chi connectivity index (χ0) is 12.0. The van der Waals surface area contributed by atoms with Gasteiger partial charge in [-0.15, -0.1) is 0 Å². The zero-order valence-electron chi connectivity index (χ0n) is 9.01. The standard InChI is InChI=1S/C10H15N3O3/c1-7(4-6-13-10(14)15)16-9-8(11)3-2-5-12-9/h2-3,5,7,13H,4,6,11H2,1H3,(H,14,15). The molecule has 1 heterocycles. The van der Waals surface area contributed by atoms with E-state index in [2.05, 4.69) is 10.3 Å². The van der Waals surface area contributed by atoms with Gasteiger partial charge in [-0.3, -0.25) is 0 Å². The van der Waals surface area contributed by atoms with Crippen LogP contribution < -0.4 is 15.8 Å². The molecule has 0 aliphatic heterocycles. The summed E-state index contributed by atoms with van der Waals surface area (Å²) in [6.07, 6.45) is 0.963. The first-order valence-corrected chi connectivity index (χ1v) is 4.93. The monoisotopic (exact) mass is 225 g/mol. The number of hydrogen-bond donors (Lipinski definition) is 3. The second-order valence-corrected chi connectivity index (χ2v) is 3.35. The second kappa shape index (κ2) is 5.79. The van der Waals surface area contributed by atoms with Crippen molar-refractivity contribution in [2.24, 2.45) is 0 Å². The van der Waals surface area contributed by atoms with E-state index in [-0.39, 0.29) is 6.10 Å². The number of nitrogen functional groups attached to an aromatic ring is 1. The summed E-state index contributed by atoms with van der Waals surface area (Å²) in [5, 5.41) is 10.6. The van der Waals surface area contributed by atoms with Crippen LogP contribution in [0.1, 0.15) is 13.3 Å². The van der Waals surface area contributed by atoms with Crippen LogP contribution in [0.15, 0.2) is 18.3 Å². The average Bonchev–Trinajstić information content (AvgIpc) is 2.21. The van der Waals surface area contributed by atoms with Gasteiger partial charge in [0, 0.05) is 19.2 Å². The summed E-state index contributed by atoms with van der Waals surface area (Å²) < 4.78 is 5.46. The zero-order valence-corrected chi connectivity index (χ0v) is 9.01. The maximum absolute atomic E-state index is 10.2. The van der Waals surface area contributed by atoms with Crippen LogP contribution >= 0.6 is 0 Å². The highest BCUT2D eigenvalue weighted by atomic mass is 16.5. The molecule has 0 fully saturated rings.